The number of nitrogens with zero attached hydrogens (tertiary/aromatic N) is 5. The molecule has 0 aliphatic carbocycles. The van der Waals surface area contributed by atoms with Gasteiger partial charge in [0.15, 0.2) is 12.9 Å². The molecule has 6 nitrogen and oxygen atoms in total. The van der Waals surface area contributed by atoms with E-state index >= 15 is 0 Å². The Labute approximate surface area is 141 Å². The summed E-state index contributed by atoms with van der Waals surface area (Å²) in [6.45, 7) is 13.5. The number of nitrogens with one attached hydrogen (secondary N) is 1. The monoisotopic (exact) mass is 319 g/mol. The average molecular weight is 319 g/mol. The molecule has 0 atom stereocenters. The second kappa shape index (κ2) is 5.85. The minimum Gasteiger partial charge on any atom is -0.229 e. The van der Waals surface area contributed by atoms with Crippen LogP contribution in [-0.4, -0.2) is 20.1 Å². The molecular weight excluding hydrogens is 300 g/mol. The molecule has 2 aromatic heterocycles. The van der Waals surface area contributed by atoms with Crippen molar-refractivity contribution in [3.63, 3.8) is 0 Å². The number of benzene rings is 1. The van der Waals surface area contributed by atoms with Crippen molar-refractivity contribution in [2.45, 2.75) is 26.2 Å². The minimum absolute atomic E-state index is 0.139. The third-order valence-corrected chi connectivity index (χ3v) is 3.63. The summed E-state index contributed by atoms with van der Waals surface area (Å²) in [6.07, 6.45) is 3.32. The average Bonchev–Trinajstić information content (AvgIpc) is 2.95. The molecule has 0 aliphatic heterocycles. The first-order chi connectivity index (χ1) is 11.4. The van der Waals surface area contributed by atoms with E-state index in [1.165, 1.54) is 0 Å². The lowest BCUT2D eigenvalue weighted by molar-refractivity contribution is -0.725. The molecule has 0 bridgehead atoms. The zero-order valence-electron chi connectivity index (χ0n) is 14.2. The lowest BCUT2D eigenvalue weighted by atomic mass is 9.96. The van der Waals surface area contributed by atoms with Crippen molar-refractivity contribution in [2.75, 3.05) is 0 Å². The van der Waals surface area contributed by atoms with Crippen LogP contribution in [0.25, 0.3) is 27.5 Å². The first-order valence-corrected chi connectivity index (χ1v) is 7.65. The van der Waals surface area contributed by atoms with Crippen LogP contribution in [0.2, 0.25) is 0 Å². The number of aromatic nitrogens is 5. The van der Waals surface area contributed by atoms with Gasteiger partial charge in [-0.25, -0.2) is 19.8 Å². The van der Waals surface area contributed by atoms with Crippen LogP contribution in [0.4, 0.5) is 5.69 Å². The van der Waals surface area contributed by atoms with Crippen LogP contribution in [0.3, 0.4) is 0 Å². The summed E-state index contributed by atoms with van der Waals surface area (Å²) in [6, 6.07) is 7.86. The Bertz CT molecular complexity index is 927. The van der Waals surface area contributed by atoms with Crippen LogP contribution in [-0.2, 0) is 12.5 Å². The van der Waals surface area contributed by atoms with Gasteiger partial charge in [-0.15, -0.1) is 4.68 Å². The molecule has 3 aromatic rings. The minimum atomic E-state index is -0.139. The maximum Gasteiger partial charge on any atom is 0.280 e. The molecule has 6 heteroatoms. The van der Waals surface area contributed by atoms with Gasteiger partial charge in [0.05, 0.1) is 6.57 Å². The van der Waals surface area contributed by atoms with Crippen LogP contribution in [0.1, 0.15) is 26.6 Å². The molecule has 0 unspecified atom stereocenters. The molecule has 0 radical (unpaired) electrons. The van der Waals surface area contributed by atoms with E-state index in [-0.39, 0.29) is 5.41 Å². The molecule has 120 valence electrons. The predicted octanol–water partition coefficient (Wildman–Crippen LogP) is 3.21. The zero-order valence-corrected chi connectivity index (χ0v) is 14.2. The van der Waals surface area contributed by atoms with Gasteiger partial charge in [-0.05, 0) is 11.6 Å². The fraction of sp³-hybridized carbons (Fsp3) is 0.278. The second-order valence-electron chi connectivity index (χ2n) is 6.69. The molecule has 0 spiro atoms. The van der Waals surface area contributed by atoms with Gasteiger partial charge in [-0.3, -0.25) is 0 Å². The zero-order chi connectivity index (χ0) is 17.3. The first-order valence-electron chi connectivity index (χ1n) is 7.65. The third-order valence-electron chi connectivity index (χ3n) is 3.63. The van der Waals surface area contributed by atoms with E-state index in [4.69, 9.17) is 6.57 Å². The fourth-order valence-corrected chi connectivity index (χ4v) is 2.42. The van der Waals surface area contributed by atoms with Crippen molar-refractivity contribution < 1.29 is 4.68 Å². The Balaban J connectivity index is 2.07. The highest BCUT2D eigenvalue weighted by Gasteiger charge is 2.19. The first kappa shape index (κ1) is 15.8. The van der Waals surface area contributed by atoms with Crippen molar-refractivity contribution in [1.82, 2.24) is 20.1 Å². The van der Waals surface area contributed by atoms with Crippen LogP contribution in [0.5, 0.6) is 0 Å². The number of hydrogen-bond acceptors (Lipinski definition) is 3. The van der Waals surface area contributed by atoms with Gasteiger partial charge in [-0.1, -0.05) is 39.0 Å². The Morgan fingerprint density at radius 1 is 1.17 bits per heavy atom. The van der Waals surface area contributed by atoms with E-state index in [1.807, 2.05) is 31.3 Å². The molecule has 1 N–H and O–H groups in total. The Morgan fingerprint density at radius 3 is 2.62 bits per heavy atom. The second-order valence-corrected chi connectivity index (χ2v) is 6.69. The summed E-state index contributed by atoms with van der Waals surface area (Å²) < 4.78 is 1.77. The van der Waals surface area contributed by atoms with Gasteiger partial charge in [0.25, 0.3) is 5.69 Å². The smallest absolute Gasteiger partial charge is 0.229 e. The Hall–Kier alpha value is -3.07. The van der Waals surface area contributed by atoms with Crippen molar-refractivity contribution >= 4 is 5.69 Å². The summed E-state index contributed by atoms with van der Waals surface area (Å²) in [5.74, 6) is 1.39. The summed E-state index contributed by atoms with van der Waals surface area (Å²) in [7, 11) is 1.86. The van der Waals surface area contributed by atoms with Gasteiger partial charge in [0.2, 0.25) is 6.20 Å². The molecule has 2 heterocycles. The van der Waals surface area contributed by atoms with E-state index in [9.17, 15) is 0 Å². The van der Waals surface area contributed by atoms with Crippen molar-refractivity contribution in [3.05, 3.63) is 54.0 Å². The molecule has 3 rings (SSSR count). The molecule has 1 aromatic carbocycles. The lowest BCUT2D eigenvalue weighted by Gasteiger charge is -2.16. The third kappa shape index (κ3) is 3.01. The predicted molar refractivity (Wildman–Crippen MR) is 91.2 cm³/mol. The van der Waals surface area contributed by atoms with Crippen LogP contribution in [0, 0.1) is 6.57 Å². The fourth-order valence-electron chi connectivity index (χ4n) is 2.42. The molecule has 24 heavy (non-hydrogen) atoms. The van der Waals surface area contributed by atoms with E-state index in [2.05, 4.69) is 45.7 Å². The van der Waals surface area contributed by atoms with Crippen LogP contribution >= 0.6 is 0 Å². The maximum absolute atomic E-state index is 7.32. The van der Waals surface area contributed by atoms with Crippen molar-refractivity contribution in [3.8, 4) is 22.6 Å². The number of aryl methyl sites for hydroxylation is 1. The molecule has 0 saturated heterocycles. The SMILES string of the molecule is [C-]#[N+]c1c[n+](C)[nH]c1-c1cccc(-c2ncnc(C(C)(C)C)n2)c1. The molecular formula is C18H19N6+. The van der Waals surface area contributed by atoms with Gasteiger partial charge in [0.1, 0.15) is 17.8 Å². The van der Waals surface area contributed by atoms with E-state index in [1.54, 1.807) is 17.2 Å². The standard InChI is InChI=1S/C18H18N6/c1-18(2,3)17-21-11-20-16(22-17)13-8-6-7-12(9-13)15-14(19-4)10-24(5)23-15/h6-11H,1-3,5H3/p+1. The number of H-pyrrole nitrogens is 1. The maximum atomic E-state index is 7.32. The summed E-state index contributed by atoms with van der Waals surface area (Å²) in [5.41, 5.74) is 3.06. The summed E-state index contributed by atoms with van der Waals surface area (Å²) in [5, 5.41) is 3.18. The molecule has 0 amide bonds. The van der Waals surface area contributed by atoms with Gasteiger partial charge in [-0.2, -0.15) is 5.10 Å². The van der Waals surface area contributed by atoms with E-state index in [0.29, 0.717) is 11.5 Å². The van der Waals surface area contributed by atoms with Gasteiger partial charge < -0.3 is 0 Å². The normalized spacial score (nSPS) is 11.3. The Morgan fingerprint density at radius 2 is 1.92 bits per heavy atom. The summed E-state index contributed by atoms with van der Waals surface area (Å²) >= 11 is 0. The highest BCUT2D eigenvalue weighted by atomic mass is 15.3. The van der Waals surface area contributed by atoms with Gasteiger partial charge in [0, 0.05) is 11.0 Å². The Kier molecular flexibility index (Phi) is 3.86. The molecule has 0 fully saturated rings. The highest BCUT2D eigenvalue weighted by Crippen LogP contribution is 2.30. The van der Waals surface area contributed by atoms with Crippen LogP contribution < -0.4 is 4.68 Å². The van der Waals surface area contributed by atoms with Crippen LogP contribution in [0.15, 0.2) is 36.8 Å². The number of aromatic amines is 1. The van der Waals surface area contributed by atoms with Crippen molar-refractivity contribution in [2.24, 2.45) is 7.05 Å². The van der Waals surface area contributed by atoms with Gasteiger partial charge >= 0.3 is 0 Å². The molecule has 0 saturated carbocycles. The number of rotatable bonds is 2. The largest absolute Gasteiger partial charge is 0.280 e. The van der Waals surface area contributed by atoms with Crippen molar-refractivity contribution in [1.29, 1.82) is 0 Å². The topological polar surface area (TPSA) is 62.7 Å². The lowest BCUT2D eigenvalue weighted by Crippen LogP contribution is -2.28. The number of hydrogen-bond donors (Lipinski definition) is 1. The quantitative estimate of drug-likeness (QED) is 0.583. The highest BCUT2D eigenvalue weighted by molar-refractivity contribution is 5.76. The van der Waals surface area contributed by atoms with E-state index in [0.717, 1.165) is 22.6 Å². The van der Waals surface area contributed by atoms with E-state index < -0.39 is 0 Å². The summed E-state index contributed by atoms with van der Waals surface area (Å²) in [4.78, 5) is 16.8. The molecule has 0 aliphatic rings.